The number of nitrogens with zero attached hydrogens (tertiary/aromatic N) is 1. The van der Waals surface area contributed by atoms with E-state index in [4.69, 9.17) is 5.11 Å². The molecule has 2 aromatic rings. The zero-order chi connectivity index (χ0) is 13.8. The lowest BCUT2D eigenvalue weighted by molar-refractivity contribution is -0.136. The molecule has 0 spiro atoms. The van der Waals surface area contributed by atoms with Crippen molar-refractivity contribution in [1.82, 2.24) is 4.98 Å². The Morgan fingerprint density at radius 1 is 1.32 bits per heavy atom. The highest BCUT2D eigenvalue weighted by molar-refractivity contribution is 7.15. The second-order valence-corrected chi connectivity index (χ2v) is 5.52. The largest absolute Gasteiger partial charge is 0.481 e. The summed E-state index contributed by atoms with van der Waals surface area (Å²) in [6, 6.07) is 8.28. The summed E-state index contributed by atoms with van der Waals surface area (Å²) in [5.74, 6) is -0.822. The summed E-state index contributed by atoms with van der Waals surface area (Å²) >= 11 is 1.41. The molecule has 4 nitrogen and oxygen atoms in total. The smallest absolute Gasteiger partial charge is 0.308 e. The van der Waals surface area contributed by atoms with Gasteiger partial charge in [-0.25, -0.2) is 4.98 Å². The van der Waals surface area contributed by atoms with Gasteiger partial charge in [-0.15, -0.1) is 11.3 Å². The van der Waals surface area contributed by atoms with Gasteiger partial charge in [0.1, 0.15) is 0 Å². The van der Waals surface area contributed by atoms with E-state index in [0.717, 1.165) is 15.7 Å². The van der Waals surface area contributed by atoms with Crippen LogP contribution in [-0.2, 0) is 17.8 Å². The summed E-state index contributed by atoms with van der Waals surface area (Å²) in [5, 5.41) is 12.8. The van der Waals surface area contributed by atoms with E-state index in [2.05, 4.69) is 41.5 Å². The molecule has 0 radical (unpaired) electrons. The Hall–Kier alpha value is -1.88. The van der Waals surface area contributed by atoms with Gasteiger partial charge in [-0.2, -0.15) is 0 Å². The third-order valence-electron chi connectivity index (χ3n) is 2.77. The quantitative estimate of drug-likeness (QED) is 0.881. The standard InChI is InChI=1S/C14H16N2O2S/c1-9-3-5-11(6-4-9)8-15-14-16-10(2)12(19-14)7-13(17)18/h3-6H,7-8H2,1-2H3,(H,15,16)(H,17,18). The highest BCUT2D eigenvalue weighted by Gasteiger charge is 2.10. The maximum Gasteiger partial charge on any atom is 0.308 e. The molecule has 0 saturated carbocycles. The van der Waals surface area contributed by atoms with E-state index in [1.54, 1.807) is 0 Å². The highest BCUT2D eigenvalue weighted by Crippen LogP contribution is 2.23. The predicted octanol–water partition coefficient (Wildman–Crippen LogP) is 3.00. The SMILES string of the molecule is Cc1ccc(CNc2nc(C)c(CC(=O)O)s2)cc1. The molecule has 0 aliphatic carbocycles. The van der Waals surface area contributed by atoms with Gasteiger partial charge in [-0.3, -0.25) is 4.79 Å². The van der Waals surface area contributed by atoms with Gasteiger partial charge in [0.15, 0.2) is 5.13 Å². The molecule has 1 aromatic heterocycles. The van der Waals surface area contributed by atoms with Gasteiger partial charge in [-0.1, -0.05) is 29.8 Å². The van der Waals surface area contributed by atoms with Crippen molar-refractivity contribution in [3.8, 4) is 0 Å². The van der Waals surface area contributed by atoms with E-state index >= 15 is 0 Å². The molecular weight excluding hydrogens is 260 g/mol. The van der Waals surface area contributed by atoms with Crippen molar-refractivity contribution in [3.05, 3.63) is 46.0 Å². The number of aryl methyl sites for hydroxylation is 2. The van der Waals surface area contributed by atoms with Gasteiger partial charge in [0.25, 0.3) is 0 Å². The zero-order valence-electron chi connectivity index (χ0n) is 10.9. The molecule has 1 aromatic carbocycles. The predicted molar refractivity (Wildman–Crippen MR) is 76.7 cm³/mol. The number of carbonyl (C=O) groups is 1. The molecule has 0 aliphatic heterocycles. The number of hydrogen-bond donors (Lipinski definition) is 2. The number of aromatic nitrogens is 1. The van der Waals surface area contributed by atoms with Crippen LogP contribution in [0.3, 0.4) is 0 Å². The van der Waals surface area contributed by atoms with Gasteiger partial charge in [0.2, 0.25) is 0 Å². The fourth-order valence-electron chi connectivity index (χ4n) is 1.69. The Balaban J connectivity index is 1.99. The van der Waals surface area contributed by atoms with Crippen LogP contribution in [-0.4, -0.2) is 16.1 Å². The maximum absolute atomic E-state index is 10.7. The highest BCUT2D eigenvalue weighted by atomic mass is 32.1. The molecule has 0 bridgehead atoms. The van der Waals surface area contributed by atoms with Gasteiger partial charge in [-0.05, 0) is 19.4 Å². The zero-order valence-corrected chi connectivity index (χ0v) is 11.8. The van der Waals surface area contributed by atoms with Crippen LogP contribution >= 0.6 is 11.3 Å². The maximum atomic E-state index is 10.7. The molecule has 0 aliphatic rings. The van der Waals surface area contributed by atoms with Crippen LogP contribution in [0, 0.1) is 13.8 Å². The number of rotatable bonds is 5. The lowest BCUT2D eigenvalue weighted by Gasteiger charge is -2.03. The van der Waals surface area contributed by atoms with Crippen molar-refractivity contribution >= 4 is 22.4 Å². The molecule has 0 fully saturated rings. The number of anilines is 1. The first-order chi connectivity index (χ1) is 9.04. The molecule has 1 heterocycles. The first kappa shape index (κ1) is 13.5. The number of hydrogen-bond acceptors (Lipinski definition) is 4. The molecule has 0 unspecified atom stereocenters. The average molecular weight is 276 g/mol. The van der Waals surface area contributed by atoms with Gasteiger partial charge in [0, 0.05) is 11.4 Å². The fraction of sp³-hybridized carbons (Fsp3) is 0.286. The first-order valence-corrected chi connectivity index (χ1v) is 6.84. The lowest BCUT2D eigenvalue weighted by atomic mass is 10.1. The Labute approximate surface area is 116 Å². The number of thiazole rings is 1. The van der Waals surface area contributed by atoms with Crippen molar-refractivity contribution < 1.29 is 9.90 Å². The Morgan fingerprint density at radius 3 is 2.63 bits per heavy atom. The summed E-state index contributed by atoms with van der Waals surface area (Å²) in [5.41, 5.74) is 3.20. The fourth-order valence-corrected chi connectivity index (χ4v) is 2.64. The van der Waals surface area contributed by atoms with E-state index in [1.165, 1.54) is 22.5 Å². The van der Waals surface area contributed by atoms with Gasteiger partial charge < -0.3 is 10.4 Å². The first-order valence-electron chi connectivity index (χ1n) is 6.02. The number of carboxylic acid groups (broad SMARTS) is 1. The van der Waals surface area contributed by atoms with Crippen LogP contribution in [0.15, 0.2) is 24.3 Å². The van der Waals surface area contributed by atoms with Crippen LogP contribution < -0.4 is 5.32 Å². The van der Waals surface area contributed by atoms with E-state index < -0.39 is 5.97 Å². The Kier molecular flexibility index (Phi) is 4.16. The van der Waals surface area contributed by atoms with Crippen molar-refractivity contribution in [2.45, 2.75) is 26.8 Å². The molecule has 2 rings (SSSR count). The van der Waals surface area contributed by atoms with Crippen molar-refractivity contribution in [2.24, 2.45) is 0 Å². The van der Waals surface area contributed by atoms with Crippen molar-refractivity contribution in [1.29, 1.82) is 0 Å². The minimum atomic E-state index is -0.822. The molecule has 19 heavy (non-hydrogen) atoms. The summed E-state index contributed by atoms with van der Waals surface area (Å²) in [6.45, 7) is 4.59. The summed E-state index contributed by atoms with van der Waals surface area (Å²) in [7, 11) is 0. The molecule has 0 atom stereocenters. The topological polar surface area (TPSA) is 62.2 Å². The monoisotopic (exact) mass is 276 g/mol. The van der Waals surface area contributed by atoms with Gasteiger partial charge in [0.05, 0.1) is 12.1 Å². The van der Waals surface area contributed by atoms with E-state index in [0.29, 0.717) is 6.54 Å². The number of carboxylic acids is 1. The molecule has 0 amide bonds. The summed E-state index contributed by atoms with van der Waals surface area (Å²) < 4.78 is 0. The minimum absolute atomic E-state index is 0.0374. The van der Waals surface area contributed by atoms with Crippen LogP contribution in [0.4, 0.5) is 5.13 Å². The van der Waals surface area contributed by atoms with Crippen LogP contribution in [0.5, 0.6) is 0 Å². The van der Waals surface area contributed by atoms with Gasteiger partial charge >= 0.3 is 5.97 Å². The van der Waals surface area contributed by atoms with E-state index in [9.17, 15) is 4.79 Å². The molecule has 5 heteroatoms. The number of aliphatic carboxylic acids is 1. The van der Waals surface area contributed by atoms with Crippen LogP contribution in [0.2, 0.25) is 0 Å². The second kappa shape index (κ2) is 5.84. The van der Waals surface area contributed by atoms with E-state index in [-0.39, 0.29) is 6.42 Å². The number of nitrogens with one attached hydrogen (secondary N) is 1. The molecule has 2 N–H and O–H groups in total. The Morgan fingerprint density at radius 2 is 2.00 bits per heavy atom. The summed E-state index contributed by atoms with van der Waals surface area (Å²) in [4.78, 5) is 15.8. The van der Waals surface area contributed by atoms with Crippen molar-refractivity contribution in [3.63, 3.8) is 0 Å². The Bertz CT molecular complexity index is 576. The van der Waals surface area contributed by atoms with Crippen molar-refractivity contribution in [2.75, 3.05) is 5.32 Å². The van der Waals surface area contributed by atoms with Crippen LogP contribution in [0.1, 0.15) is 21.7 Å². The molecule has 0 saturated heterocycles. The van der Waals surface area contributed by atoms with E-state index in [1.807, 2.05) is 6.92 Å². The number of benzene rings is 1. The van der Waals surface area contributed by atoms with Crippen LogP contribution in [0.25, 0.3) is 0 Å². The third kappa shape index (κ3) is 3.79. The summed E-state index contributed by atoms with van der Waals surface area (Å²) in [6.07, 6.45) is 0.0374. The average Bonchev–Trinajstić information content (AvgIpc) is 2.69. The third-order valence-corrected chi connectivity index (χ3v) is 3.88. The second-order valence-electron chi connectivity index (χ2n) is 4.44. The molecular formula is C14H16N2O2S. The minimum Gasteiger partial charge on any atom is -0.481 e. The molecule has 100 valence electrons. The lowest BCUT2D eigenvalue weighted by Crippen LogP contribution is -1.99. The normalized spacial score (nSPS) is 10.4.